The van der Waals surface area contributed by atoms with E-state index in [4.69, 9.17) is 11.6 Å². The SMILES string of the molecule is Cc1cc(NC(=O)c2c(Cl)c(C(=O)C(=O)NCC(C)(C)O)n3c2CCC3)cnc1F. The smallest absolute Gasteiger partial charge is 0.294 e. The zero-order valence-corrected chi connectivity index (χ0v) is 17.6. The fourth-order valence-electron chi connectivity index (χ4n) is 3.30. The average molecular weight is 437 g/mol. The van der Waals surface area contributed by atoms with E-state index in [2.05, 4.69) is 15.6 Å². The van der Waals surface area contributed by atoms with Crippen molar-refractivity contribution in [2.24, 2.45) is 0 Å². The first kappa shape index (κ1) is 21.9. The predicted molar refractivity (Wildman–Crippen MR) is 108 cm³/mol. The van der Waals surface area contributed by atoms with Crippen LogP contribution in [0.5, 0.6) is 0 Å². The quantitative estimate of drug-likeness (QED) is 0.365. The number of rotatable bonds is 6. The normalized spacial score (nSPS) is 13.1. The van der Waals surface area contributed by atoms with Crippen LogP contribution in [0.1, 0.15) is 52.4 Å². The van der Waals surface area contributed by atoms with Gasteiger partial charge in [0.2, 0.25) is 5.95 Å². The maximum atomic E-state index is 13.4. The number of ketones is 1. The number of hydrogen-bond donors (Lipinski definition) is 3. The van der Waals surface area contributed by atoms with Gasteiger partial charge in [0.1, 0.15) is 5.69 Å². The molecule has 3 N–H and O–H groups in total. The van der Waals surface area contributed by atoms with Crippen molar-refractivity contribution in [3.63, 3.8) is 0 Å². The van der Waals surface area contributed by atoms with Gasteiger partial charge in [-0.2, -0.15) is 4.39 Å². The van der Waals surface area contributed by atoms with Crippen LogP contribution in [0.15, 0.2) is 12.3 Å². The Hall–Kier alpha value is -2.78. The Bertz CT molecular complexity index is 1040. The highest BCUT2D eigenvalue weighted by atomic mass is 35.5. The molecule has 0 aromatic carbocycles. The molecule has 0 fully saturated rings. The summed E-state index contributed by atoms with van der Waals surface area (Å²) in [4.78, 5) is 41.5. The van der Waals surface area contributed by atoms with Crippen molar-refractivity contribution in [3.05, 3.63) is 45.7 Å². The molecule has 2 amide bonds. The van der Waals surface area contributed by atoms with Crippen LogP contribution in [0.25, 0.3) is 0 Å². The highest BCUT2D eigenvalue weighted by molar-refractivity contribution is 6.48. The number of halogens is 2. The Labute approximate surface area is 177 Å². The third-order valence-electron chi connectivity index (χ3n) is 4.71. The topological polar surface area (TPSA) is 113 Å². The largest absolute Gasteiger partial charge is 0.389 e. The third kappa shape index (κ3) is 4.36. The highest BCUT2D eigenvalue weighted by Crippen LogP contribution is 2.34. The molecule has 0 aliphatic carbocycles. The first-order valence-corrected chi connectivity index (χ1v) is 9.76. The summed E-state index contributed by atoms with van der Waals surface area (Å²) in [6.07, 6.45) is 2.39. The number of aryl methyl sites for hydroxylation is 1. The van der Waals surface area contributed by atoms with Gasteiger partial charge in [-0.05, 0) is 39.7 Å². The Morgan fingerprint density at radius 3 is 2.70 bits per heavy atom. The number of pyridine rings is 1. The lowest BCUT2D eigenvalue weighted by molar-refractivity contribution is -0.118. The lowest BCUT2D eigenvalue weighted by Crippen LogP contribution is -2.41. The van der Waals surface area contributed by atoms with Crippen LogP contribution >= 0.6 is 11.6 Å². The number of nitrogens with zero attached hydrogens (tertiary/aromatic N) is 2. The fraction of sp³-hybridized carbons (Fsp3) is 0.400. The van der Waals surface area contributed by atoms with Crippen LogP contribution in [0.4, 0.5) is 10.1 Å². The molecule has 10 heteroatoms. The number of aromatic nitrogens is 2. The molecule has 0 atom stereocenters. The van der Waals surface area contributed by atoms with Gasteiger partial charge < -0.3 is 20.3 Å². The molecule has 3 heterocycles. The molecule has 0 bridgehead atoms. The van der Waals surface area contributed by atoms with E-state index in [1.54, 1.807) is 4.57 Å². The van der Waals surface area contributed by atoms with Gasteiger partial charge in [0.05, 0.1) is 28.1 Å². The Morgan fingerprint density at radius 2 is 2.07 bits per heavy atom. The fourth-order valence-corrected chi connectivity index (χ4v) is 3.69. The van der Waals surface area contributed by atoms with Gasteiger partial charge in [-0.1, -0.05) is 11.6 Å². The van der Waals surface area contributed by atoms with E-state index in [0.29, 0.717) is 25.1 Å². The van der Waals surface area contributed by atoms with Crippen LogP contribution in [0.3, 0.4) is 0 Å². The molecule has 0 saturated heterocycles. The molecule has 1 aliphatic heterocycles. The summed E-state index contributed by atoms with van der Waals surface area (Å²) in [7, 11) is 0. The number of hydrogen-bond acceptors (Lipinski definition) is 5. The molecular weight excluding hydrogens is 415 g/mol. The van der Waals surface area contributed by atoms with E-state index in [-0.39, 0.29) is 34.1 Å². The van der Waals surface area contributed by atoms with Crippen LogP contribution in [-0.2, 0) is 17.8 Å². The molecule has 2 aromatic rings. The van der Waals surface area contributed by atoms with Crippen LogP contribution < -0.4 is 10.6 Å². The Morgan fingerprint density at radius 1 is 1.37 bits per heavy atom. The molecule has 3 rings (SSSR count). The van der Waals surface area contributed by atoms with E-state index in [9.17, 15) is 23.9 Å². The van der Waals surface area contributed by atoms with Crippen molar-refractivity contribution in [1.29, 1.82) is 0 Å². The minimum absolute atomic E-state index is 0.0593. The number of Topliss-reactive ketones (excluding diaryl/α,β-unsaturated/α-hetero) is 1. The highest BCUT2D eigenvalue weighted by Gasteiger charge is 2.34. The molecule has 0 saturated carbocycles. The minimum Gasteiger partial charge on any atom is -0.389 e. The Kier molecular flexibility index (Phi) is 5.96. The van der Waals surface area contributed by atoms with Crippen LogP contribution in [0.2, 0.25) is 5.02 Å². The predicted octanol–water partition coefficient (Wildman–Crippen LogP) is 2.25. The number of amides is 2. The van der Waals surface area contributed by atoms with Crippen LogP contribution in [0, 0.1) is 12.9 Å². The van der Waals surface area contributed by atoms with Gasteiger partial charge in [0.15, 0.2) is 0 Å². The van der Waals surface area contributed by atoms with Crippen LogP contribution in [-0.4, -0.2) is 44.4 Å². The summed E-state index contributed by atoms with van der Waals surface area (Å²) >= 11 is 6.39. The first-order valence-electron chi connectivity index (χ1n) is 9.39. The molecular formula is C20H22ClFN4O4. The van der Waals surface area contributed by atoms with Gasteiger partial charge in [-0.3, -0.25) is 14.4 Å². The molecule has 30 heavy (non-hydrogen) atoms. The summed E-state index contributed by atoms with van der Waals surface area (Å²) in [5.74, 6) is -3.02. The zero-order chi connectivity index (χ0) is 22.2. The molecule has 0 radical (unpaired) electrons. The molecule has 0 spiro atoms. The third-order valence-corrected chi connectivity index (χ3v) is 5.08. The van der Waals surface area contributed by atoms with Gasteiger partial charge in [0.25, 0.3) is 17.6 Å². The lowest BCUT2D eigenvalue weighted by atomic mass is 10.1. The molecule has 1 aliphatic rings. The first-order chi connectivity index (χ1) is 14.0. The summed E-state index contributed by atoms with van der Waals surface area (Å²) < 4.78 is 14.9. The summed E-state index contributed by atoms with van der Waals surface area (Å²) in [6.45, 7) is 4.83. The number of aliphatic hydroxyl groups is 1. The maximum Gasteiger partial charge on any atom is 0.294 e. The monoisotopic (exact) mass is 436 g/mol. The number of anilines is 1. The molecule has 160 valence electrons. The molecule has 0 unspecified atom stereocenters. The van der Waals surface area contributed by atoms with E-state index in [1.165, 1.54) is 33.0 Å². The van der Waals surface area contributed by atoms with Crippen molar-refractivity contribution in [3.8, 4) is 0 Å². The van der Waals surface area contributed by atoms with Crippen molar-refractivity contribution in [2.75, 3.05) is 11.9 Å². The van der Waals surface area contributed by atoms with E-state index < -0.39 is 29.1 Å². The summed E-state index contributed by atoms with van der Waals surface area (Å²) in [5.41, 5.74) is -0.0366. The van der Waals surface area contributed by atoms with E-state index in [1.807, 2.05) is 0 Å². The maximum absolute atomic E-state index is 13.4. The standard InChI is InChI=1S/C20H22ClFN4O4/c1-10-7-11(8-23-17(10)22)25-18(28)13-12-5-4-6-26(12)15(14(13)21)16(27)19(29)24-9-20(2,3)30/h7-8,30H,4-6,9H2,1-3H3,(H,24,29)(H,25,28). The van der Waals surface area contributed by atoms with Crippen molar-refractivity contribution in [1.82, 2.24) is 14.9 Å². The number of nitrogens with one attached hydrogen (secondary N) is 2. The number of carbonyl (C=O) groups excluding carboxylic acids is 3. The van der Waals surface area contributed by atoms with Crippen molar-refractivity contribution >= 4 is 34.9 Å². The second-order valence-electron chi connectivity index (χ2n) is 7.85. The molecule has 8 nitrogen and oxygen atoms in total. The average Bonchev–Trinajstić information content (AvgIpc) is 3.21. The summed E-state index contributed by atoms with van der Waals surface area (Å²) in [5, 5.41) is 14.6. The van der Waals surface area contributed by atoms with Crippen molar-refractivity contribution < 1.29 is 23.9 Å². The number of fused-ring (bicyclic) bond motifs is 1. The van der Waals surface area contributed by atoms with Gasteiger partial charge in [-0.25, -0.2) is 4.98 Å². The van der Waals surface area contributed by atoms with Gasteiger partial charge >= 0.3 is 0 Å². The van der Waals surface area contributed by atoms with E-state index in [0.717, 1.165) is 0 Å². The minimum atomic E-state index is -1.19. The second kappa shape index (κ2) is 8.16. The second-order valence-corrected chi connectivity index (χ2v) is 8.23. The Balaban J connectivity index is 1.90. The van der Waals surface area contributed by atoms with Crippen molar-refractivity contribution in [2.45, 2.75) is 45.8 Å². The summed E-state index contributed by atoms with van der Waals surface area (Å²) in [6, 6.07) is 1.43. The van der Waals surface area contributed by atoms with E-state index >= 15 is 0 Å². The van der Waals surface area contributed by atoms with Gasteiger partial charge in [-0.15, -0.1) is 0 Å². The van der Waals surface area contributed by atoms with Gasteiger partial charge in [0, 0.05) is 24.3 Å². The zero-order valence-electron chi connectivity index (χ0n) is 16.8. The number of carbonyl (C=O) groups is 3. The molecule has 2 aromatic heterocycles. The lowest BCUT2D eigenvalue weighted by Gasteiger charge is -2.17.